The molecule has 13 heavy (non-hydrogen) atoms. The fourth-order valence-corrected chi connectivity index (χ4v) is 1.65. The molecule has 0 unspecified atom stereocenters. The van der Waals surface area contributed by atoms with Gasteiger partial charge in [-0.2, -0.15) is 5.26 Å². The topological polar surface area (TPSA) is 49.6 Å². The molecular formula is C9H5N3S. The van der Waals surface area contributed by atoms with Crippen molar-refractivity contribution in [2.24, 2.45) is 0 Å². The summed E-state index contributed by atoms with van der Waals surface area (Å²) in [5, 5.41) is 9.44. The minimum atomic E-state index is 0.624. The SMILES string of the molecule is N#Cc1cnc(-c2cccnc2)s1. The van der Waals surface area contributed by atoms with Crippen LogP contribution in [0.5, 0.6) is 0 Å². The zero-order chi connectivity index (χ0) is 9.10. The van der Waals surface area contributed by atoms with E-state index in [0.717, 1.165) is 10.6 Å². The molecule has 62 valence electrons. The summed E-state index contributed by atoms with van der Waals surface area (Å²) < 4.78 is 0. The Kier molecular flexibility index (Phi) is 2.02. The summed E-state index contributed by atoms with van der Waals surface area (Å²) in [6.45, 7) is 0. The van der Waals surface area contributed by atoms with E-state index in [4.69, 9.17) is 5.26 Å². The maximum atomic E-state index is 8.60. The van der Waals surface area contributed by atoms with E-state index in [1.807, 2.05) is 12.1 Å². The molecule has 2 aromatic heterocycles. The average molecular weight is 187 g/mol. The van der Waals surface area contributed by atoms with Crippen molar-refractivity contribution in [3.8, 4) is 16.6 Å². The normalized spacial score (nSPS) is 9.46. The average Bonchev–Trinajstić information content (AvgIpc) is 2.67. The van der Waals surface area contributed by atoms with E-state index in [9.17, 15) is 0 Å². The van der Waals surface area contributed by atoms with Crippen molar-refractivity contribution in [1.29, 1.82) is 5.26 Å². The van der Waals surface area contributed by atoms with Crippen LogP contribution >= 0.6 is 11.3 Å². The van der Waals surface area contributed by atoms with Gasteiger partial charge >= 0.3 is 0 Å². The molecule has 0 saturated carbocycles. The molecule has 0 fully saturated rings. The van der Waals surface area contributed by atoms with Crippen LogP contribution in [0.4, 0.5) is 0 Å². The molecule has 0 saturated heterocycles. The highest BCUT2D eigenvalue weighted by atomic mass is 32.1. The first-order valence-corrected chi connectivity index (χ1v) is 4.48. The molecule has 0 amide bonds. The molecule has 0 atom stereocenters. The van der Waals surface area contributed by atoms with Gasteiger partial charge in [0.25, 0.3) is 0 Å². The maximum absolute atomic E-state index is 8.60. The molecule has 4 heteroatoms. The van der Waals surface area contributed by atoms with Gasteiger partial charge in [-0.15, -0.1) is 11.3 Å². The number of pyridine rings is 1. The number of hydrogen-bond donors (Lipinski definition) is 0. The molecule has 0 spiro atoms. The van der Waals surface area contributed by atoms with Gasteiger partial charge in [0.2, 0.25) is 0 Å². The summed E-state index contributed by atoms with van der Waals surface area (Å²) in [5.41, 5.74) is 0.953. The standard InChI is InChI=1S/C9H5N3S/c10-4-8-6-12-9(13-8)7-2-1-3-11-5-7/h1-3,5-6H. The smallest absolute Gasteiger partial charge is 0.126 e. The Balaban J connectivity index is 2.43. The maximum Gasteiger partial charge on any atom is 0.126 e. The highest BCUT2D eigenvalue weighted by molar-refractivity contribution is 7.15. The van der Waals surface area contributed by atoms with Crippen molar-refractivity contribution in [2.45, 2.75) is 0 Å². The minimum Gasteiger partial charge on any atom is -0.264 e. The zero-order valence-electron chi connectivity index (χ0n) is 6.64. The van der Waals surface area contributed by atoms with Crippen molar-refractivity contribution >= 4 is 11.3 Å². The van der Waals surface area contributed by atoms with E-state index in [1.165, 1.54) is 11.3 Å². The van der Waals surface area contributed by atoms with E-state index in [0.29, 0.717) is 4.88 Å². The van der Waals surface area contributed by atoms with Crippen molar-refractivity contribution in [2.75, 3.05) is 0 Å². The van der Waals surface area contributed by atoms with Gasteiger partial charge in [0, 0.05) is 18.0 Å². The van der Waals surface area contributed by atoms with Crippen LogP contribution < -0.4 is 0 Å². The van der Waals surface area contributed by atoms with E-state index in [2.05, 4.69) is 16.0 Å². The highest BCUT2D eigenvalue weighted by Gasteiger charge is 2.02. The lowest BCUT2D eigenvalue weighted by Gasteiger charge is -1.91. The van der Waals surface area contributed by atoms with E-state index >= 15 is 0 Å². The molecule has 0 aliphatic rings. The number of thiazole rings is 1. The summed E-state index contributed by atoms with van der Waals surface area (Å²) in [7, 11) is 0. The number of nitriles is 1. The predicted molar refractivity (Wildman–Crippen MR) is 50.1 cm³/mol. The van der Waals surface area contributed by atoms with Crippen molar-refractivity contribution in [3.05, 3.63) is 35.6 Å². The van der Waals surface area contributed by atoms with E-state index in [1.54, 1.807) is 18.6 Å². The molecule has 0 aliphatic carbocycles. The summed E-state index contributed by atoms with van der Waals surface area (Å²) >= 11 is 1.37. The second kappa shape index (κ2) is 3.33. The number of hydrogen-bond acceptors (Lipinski definition) is 4. The fourth-order valence-electron chi connectivity index (χ4n) is 0.949. The van der Waals surface area contributed by atoms with Gasteiger partial charge < -0.3 is 0 Å². The van der Waals surface area contributed by atoms with Gasteiger partial charge in [-0.05, 0) is 12.1 Å². The molecule has 0 aromatic carbocycles. The minimum absolute atomic E-state index is 0.624. The quantitative estimate of drug-likeness (QED) is 0.686. The third kappa shape index (κ3) is 1.55. The molecule has 2 aromatic rings. The monoisotopic (exact) mass is 187 g/mol. The van der Waals surface area contributed by atoms with Gasteiger partial charge in [-0.25, -0.2) is 4.98 Å². The lowest BCUT2D eigenvalue weighted by Crippen LogP contribution is -1.75. The Labute approximate surface area is 79.3 Å². The third-order valence-corrected chi connectivity index (χ3v) is 2.48. The lowest BCUT2D eigenvalue weighted by atomic mass is 10.3. The molecule has 0 N–H and O–H groups in total. The summed E-state index contributed by atoms with van der Waals surface area (Å²) in [4.78, 5) is 8.72. The Morgan fingerprint density at radius 3 is 2.92 bits per heavy atom. The molecule has 2 rings (SSSR count). The highest BCUT2D eigenvalue weighted by Crippen LogP contribution is 2.23. The number of rotatable bonds is 1. The lowest BCUT2D eigenvalue weighted by molar-refractivity contribution is 1.31. The van der Waals surface area contributed by atoms with Crippen LogP contribution in [0, 0.1) is 11.3 Å². The first-order valence-electron chi connectivity index (χ1n) is 3.66. The van der Waals surface area contributed by atoms with Gasteiger partial charge in [-0.3, -0.25) is 4.98 Å². The molecule has 2 heterocycles. The van der Waals surface area contributed by atoms with Crippen LogP contribution in [-0.2, 0) is 0 Å². The first-order chi connectivity index (χ1) is 6.40. The van der Waals surface area contributed by atoms with Crippen LogP contribution in [0.1, 0.15) is 4.88 Å². The Morgan fingerprint density at radius 1 is 1.38 bits per heavy atom. The van der Waals surface area contributed by atoms with Crippen molar-refractivity contribution in [3.63, 3.8) is 0 Å². The molecule has 0 bridgehead atoms. The second-order valence-electron chi connectivity index (χ2n) is 2.38. The number of aromatic nitrogens is 2. The number of nitrogens with zero attached hydrogens (tertiary/aromatic N) is 3. The largest absolute Gasteiger partial charge is 0.264 e. The van der Waals surface area contributed by atoms with Crippen LogP contribution in [0.3, 0.4) is 0 Å². The molecule has 0 aliphatic heterocycles. The van der Waals surface area contributed by atoms with E-state index < -0.39 is 0 Å². The predicted octanol–water partition coefficient (Wildman–Crippen LogP) is 2.08. The molecule has 0 radical (unpaired) electrons. The van der Waals surface area contributed by atoms with E-state index in [-0.39, 0.29) is 0 Å². The zero-order valence-corrected chi connectivity index (χ0v) is 7.45. The Hall–Kier alpha value is -1.73. The summed E-state index contributed by atoms with van der Waals surface area (Å²) in [5.74, 6) is 0. The van der Waals surface area contributed by atoms with Gasteiger partial charge in [0.15, 0.2) is 0 Å². The molecular weight excluding hydrogens is 182 g/mol. The van der Waals surface area contributed by atoms with Crippen LogP contribution in [0.15, 0.2) is 30.7 Å². The van der Waals surface area contributed by atoms with Crippen LogP contribution in [-0.4, -0.2) is 9.97 Å². The van der Waals surface area contributed by atoms with Crippen LogP contribution in [0.2, 0.25) is 0 Å². The van der Waals surface area contributed by atoms with Crippen molar-refractivity contribution in [1.82, 2.24) is 9.97 Å². The second-order valence-corrected chi connectivity index (χ2v) is 3.41. The van der Waals surface area contributed by atoms with Gasteiger partial charge in [0.1, 0.15) is 16.0 Å². The van der Waals surface area contributed by atoms with Crippen LogP contribution in [0.25, 0.3) is 10.6 Å². The molecule has 3 nitrogen and oxygen atoms in total. The first kappa shape index (κ1) is 7.90. The summed E-state index contributed by atoms with van der Waals surface area (Å²) in [6.07, 6.45) is 5.02. The summed E-state index contributed by atoms with van der Waals surface area (Å²) in [6, 6.07) is 5.83. The Bertz CT molecular complexity index is 441. The fraction of sp³-hybridized carbons (Fsp3) is 0. The van der Waals surface area contributed by atoms with Gasteiger partial charge in [0.05, 0.1) is 6.20 Å². The third-order valence-electron chi connectivity index (χ3n) is 1.52. The van der Waals surface area contributed by atoms with Gasteiger partial charge in [-0.1, -0.05) is 0 Å². The van der Waals surface area contributed by atoms with Crippen molar-refractivity contribution < 1.29 is 0 Å². The Morgan fingerprint density at radius 2 is 2.31 bits per heavy atom.